The Kier molecular flexibility index (Phi) is 3.95. The van der Waals surface area contributed by atoms with Crippen LogP contribution in [-0.2, 0) is 6.54 Å². The number of aromatic nitrogens is 1. The van der Waals surface area contributed by atoms with Crippen molar-refractivity contribution in [3.63, 3.8) is 0 Å². The minimum Gasteiger partial charge on any atom is -0.505 e. The number of nitrogens with zero attached hydrogens (tertiary/aromatic N) is 1. The molecule has 0 saturated carbocycles. The monoisotopic (exact) mass is 306 g/mol. The fourth-order valence-corrected chi connectivity index (χ4v) is 2.95. The number of fused-ring (bicyclic) bond motifs is 1. The maximum Gasteiger partial charge on any atom is 0.144 e. The van der Waals surface area contributed by atoms with Gasteiger partial charge in [-0.15, -0.1) is 0 Å². The molecule has 23 heavy (non-hydrogen) atoms. The molecule has 3 nitrogen and oxygen atoms in total. The van der Waals surface area contributed by atoms with E-state index in [2.05, 4.69) is 42.3 Å². The molecule has 0 spiro atoms. The Morgan fingerprint density at radius 3 is 2.43 bits per heavy atom. The van der Waals surface area contributed by atoms with Crippen molar-refractivity contribution in [1.82, 2.24) is 4.98 Å². The van der Waals surface area contributed by atoms with Crippen LogP contribution in [0, 0.1) is 27.7 Å². The Balaban J connectivity index is 1.90. The lowest BCUT2D eigenvalue weighted by molar-refractivity contribution is 0.476. The molecule has 2 aromatic carbocycles. The number of hydrogen-bond donors (Lipinski definition) is 2. The van der Waals surface area contributed by atoms with Gasteiger partial charge < -0.3 is 10.4 Å². The fraction of sp³-hybridized carbons (Fsp3) is 0.250. The number of phenols is 1. The van der Waals surface area contributed by atoms with Gasteiger partial charge in [0.25, 0.3) is 0 Å². The Morgan fingerprint density at radius 1 is 0.913 bits per heavy atom. The number of aryl methyl sites for hydroxylation is 4. The van der Waals surface area contributed by atoms with E-state index in [0.29, 0.717) is 12.1 Å². The summed E-state index contributed by atoms with van der Waals surface area (Å²) in [6.07, 6.45) is 0. The number of hydrogen-bond acceptors (Lipinski definition) is 3. The van der Waals surface area contributed by atoms with E-state index in [1.807, 2.05) is 32.0 Å². The zero-order valence-electron chi connectivity index (χ0n) is 14.1. The minimum absolute atomic E-state index is 0.277. The molecule has 3 rings (SSSR count). The van der Waals surface area contributed by atoms with Crippen molar-refractivity contribution in [3.05, 3.63) is 64.3 Å². The number of benzene rings is 2. The van der Waals surface area contributed by atoms with E-state index < -0.39 is 0 Å². The van der Waals surface area contributed by atoms with Crippen LogP contribution in [0.15, 0.2) is 36.4 Å². The van der Waals surface area contributed by atoms with Crippen molar-refractivity contribution in [2.75, 3.05) is 5.32 Å². The van der Waals surface area contributed by atoms with Gasteiger partial charge >= 0.3 is 0 Å². The first-order chi connectivity index (χ1) is 11.0. The SMILES string of the molecule is Cc1ccc(NCc2ccc3c(C)cc(C)c(O)c3n2)c(C)c1. The highest BCUT2D eigenvalue weighted by molar-refractivity contribution is 5.88. The average Bonchev–Trinajstić information content (AvgIpc) is 2.52. The van der Waals surface area contributed by atoms with Crippen LogP contribution >= 0.6 is 0 Å². The molecule has 2 N–H and O–H groups in total. The maximum atomic E-state index is 10.3. The molecule has 0 unspecified atom stereocenters. The molecule has 3 heteroatoms. The van der Waals surface area contributed by atoms with Crippen molar-refractivity contribution in [2.24, 2.45) is 0 Å². The molecule has 0 fully saturated rings. The van der Waals surface area contributed by atoms with E-state index in [0.717, 1.165) is 27.9 Å². The molecule has 0 amide bonds. The standard InChI is InChI=1S/C20H22N2O/c1-12-5-8-18(14(3)9-12)21-11-16-6-7-17-13(2)10-15(4)20(23)19(17)22-16/h5-10,21,23H,11H2,1-4H3. The van der Waals surface area contributed by atoms with Gasteiger partial charge in [0, 0.05) is 11.1 Å². The third kappa shape index (κ3) is 3.00. The average molecular weight is 306 g/mol. The first-order valence-electron chi connectivity index (χ1n) is 7.85. The van der Waals surface area contributed by atoms with Gasteiger partial charge in [0.1, 0.15) is 11.3 Å². The molecule has 118 valence electrons. The lowest BCUT2D eigenvalue weighted by atomic mass is 10.0. The van der Waals surface area contributed by atoms with Crippen LogP contribution in [-0.4, -0.2) is 10.1 Å². The lowest BCUT2D eigenvalue weighted by Gasteiger charge is -2.12. The van der Waals surface area contributed by atoms with Crippen molar-refractivity contribution in [1.29, 1.82) is 0 Å². The third-order valence-electron chi connectivity index (χ3n) is 4.25. The number of aromatic hydroxyl groups is 1. The first kappa shape index (κ1) is 15.3. The summed E-state index contributed by atoms with van der Waals surface area (Å²) in [5, 5.41) is 14.7. The van der Waals surface area contributed by atoms with Gasteiger partial charge in [0.2, 0.25) is 0 Å². The minimum atomic E-state index is 0.277. The van der Waals surface area contributed by atoms with Gasteiger partial charge in [-0.1, -0.05) is 29.8 Å². The molecule has 0 radical (unpaired) electrons. The highest BCUT2D eigenvalue weighted by Gasteiger charge is 2.09. The summed E-state index contributed by atoms with van der Waals surface area (Å²) < 4.78 is 0. The van der Waals surface area contributed by atoms with Crippen molar-refractivity contribution < 1.29 is 5.11 Å². The van der Waals surface area contributed by atoms with Crippen LogP contribution in [0.25, 0.3) is 10.9 Å². The van der Waals surface area contributed by atoms with Gasteiger partial charge in [-0.3, -0.25) is 0 Å². The predicted octanol–water partition coefficient (Wildman–Crippen LogP) is 4.79. The molecule has 0 atom stereocenters. The lowest BCUT2D eigenvalue weighted by Crippen LogP contribution is -2.03. The molecular weight excluding hydrogens is 284 g/mol. The van der Waals surface area contributed by atoms with E-state index in [1.54, 1.807) is 0 Å². The molecular formula is C20H22N2O. The molecule has 0 aliphatic carbocycles. The zero-order chi connectivity index (χ0) is 16.6. The normalized spacial score (nSPS) is 11.0. The Morgan fingerprint density at radius 2 is 1.70 bits per heavy atom. The Hall–Kier alpha value is -2.55. The third-order valence-corrected chi connectivity index (χ3v) is 4.25. The zero-order valence-corrected chi connectivity index (χ0v) is 14.1. The number of phenolic OH excluding ortho intramolecular Hbond substituents is 1. The second kappa shape index (κ2) is 5.92. The highest BCUT2D eigenvalue weighted by Crippen LogP contribution is 2.29. The molecule has 0 saturated heterocycles. The molecule has 0 aliphatic heterocycles. The first-order valence-corrected chi connectivity index (χ1v) is 7.85. The van der Waals surface area contributed by atoms with Crippen molar-refractivity contribution in [3.8, 4) is 5.75 Å². The van der Waals surface area contributed by atoms with E-state index in [-0.39, 0.29) is 5.75 Å². The summed E-state index contributed by atoms with van der Waals surface area (Å²) in [5.74, 6) is 0.277. The summed E-state index contributed by atoms with van der Waals surface area (Å²) in [6, 6.07) is 12.4. The summed E-state index contributed by atoms with van der Waals surface area (Å²) >= 11 is 0. The summed E-state index contributed by atoms with van der Waals surface area (Å²) in [4.78, 5) is 4.65. The molecule has 1 aromatic heterocycles. The predicted molar refractivity (Wildman–Crippen MR) is 96.1 cm³/mol. The molecule has 0 aliphatic rings. The number of anilines is 1. The quantitative estimate of drug-likeness (QED) is 0.731. The number of nitrogens with one attached hydrogen (secondary N) is 1. The maximum absolute atomic E-state index is 10.3. The highest BCUT2D eigenvalue weighted by atomic mass is 16.3. The van der Waals surface area contributed by atoms with Gasteiger partial charge in [-0.05, 0) is 56.5 Å². The van der Waals surface area contributed by atoms with Crippen molar-refractivity contribution >= 4 is 16.6 Å². The topological polar surface area (TPSA) is 45.1 Å². The van der Waals surface area contributed by atoms with Crippen LogP contribution in [0.1, 0.15) is 27.9 Å². The molecule has 0 bridgehead atoms. The smallest absolute Gasteiger partial charge is 0.144 e. The van der Waals surface area contributed by atoms with E-state index >= 15 is 0 Å². The number of rotatable bonds is 3. The Labute approximate surface area is 137 Å². The summed E-state index contributed by atoms with van der Waals surface area (Å²) in [6.45, 7) is 8.77. The molecule has 1 heterocycles. The van der Waals surface area contributed by atoms with Gasteiger partial charge in [-0.2, -0.15) is 0 Å². The Bertz CT molecular complexity index is 884. The second-order valence-corrected chi connectivity index (χ2v) is 6.23. The largest absolute Gasteiger partial charge is 0.505 e. The van der Waals surface area contributed by atoms with E-state index in [9.17, 15) is 5.11 Å². The van der Waals surface area contributed by atoms with Gasteiger partial charge in [0.05, 0.1) is 12.2 Å². The molecule has 3 aromatic rings. The van der Waals surface area contributed by atoms with Crippen molar-refractivity contribution in [2.45, 2.75) is 34.2 Å². The van der Waals surface area contributed by atoms with E-state index in [4.69, 9.17) is 0 Å². The summed E-state index contributed by atoms with van der Waals surface area (Å²) in [5.41, 5.74) is 7.19. The van der Waals surface area contributed by atoms with Crippen LogP contribution < -0.4 is 5.32 Å². The fourth-order valence-electron chi connectivity index (χ4n) is 2.95. The van der Waals surface area contributed by atoms with Crippen LogP contribution in [0.4, 0.5) is 5.69 Å². The van der Waals surface area contributed by atoms with Crippen LogP contribution in [0.2, 0.25) is 0 Å². The summed E-state index contributed by atoms with van der Waals surface area (Å²) in [7, 11) is 0. The number of pyridine rings is 1. The van der Waals surface area contributed by atoms with E-state index in [1.165, 1.54) is 11.1 Å². The van der Waals surface area contributed by atoms with Crippen LogP contribution in [0.3, 0.4) is 0 Å². The van der Waals surface area contributed by atoms with Gasteiger partial charge in [0.15, 0.2) is 0 Å². The van der Waals surface area contributed by atoms with Crippen LogP contribution in [0.5, 0.6) is 5.75 Å². The van der Waals surface area contributed by atoms with Gasteiger partial charge in [-0.25, -0.2) is 4.98 Å². The second-order valence-electron chi connectivity index (χ2n) is 6.23.